The summed E-state index contributed by atoms with van der Waals surface area (Å²) < 4.78 is 0. The topological polar surface area (TPSA) is 40.7 Å². The molecule has 1 fully saturated rings. The van der Waals surface area contributed by atoms with Gasteiger partial charge in [0.2, 0.25) is 0 Å². The maximum absolute atomic E-state index is 3.89. The van der Waals surface area contributed by atoms with Crippen molar-refractivity contribution in [3.8, 4) is 0 Å². The summed E-state index contributed by atoms with van der Waals surface area (Å²) in [5.74, 6) is 1.20. The Morgan fingerprint density at radius 1 is 1.70 bits per heavy atom. The smallest absolute Gasteiger partial charge is 0.0957 e. The summed E-state index contributed by atoms with van der Waals surface area (Å²) in [5.41, 5.74) is 1.18. The molecule has 1 aliphatic rings. The van der Waals surface area contributed by atoms with Crippen LogP contribution in [0.1, 0.15) is 11.1 Å². The highest BCUT2D eigenvalue weighted by atomic mass is 32.2. The lowest BCUT2D eigenvalue weighted by Gasteiger charge is -2.03. The van der Waals surface area contributed by atoms with Gasteiger partial charge in [0.25, 0.3) is 0 Å². The maximum atomic E-state index is 3.89. The second-order valence-electron chi connectivity index (χ2n) is 2.22. The molecule has 4 heteroatoms. The first-order chi connectivity index (χ1) is 4.97. The molecule has 2 heterocycles. The lowest BCUT2D eigenvalue weighted by Crippen LogP contribution is -2.12. The number of nitrogens with one attached hydrogen (secondary N) is 2. The van der Waals surface area contributed by atoms with Crippen LogP contribution in [0.2, 0.25) is 0 Å². The second-order valence-corrected chi connectivity index (χ2v) is 3.43. The van der Waals surface area contributed by atoms with Gasteiger partial charge in [0.15, 0.2) is 0 Å². The normalized spacial score (nSPS) is 25.4. The maximum Gasteiger partial charge on any atom is 0.0957 e. The van der Waals surface area contributed by atoms with Gasteiger partial charge in [-0.15, -0.1) is 11.8 Å². The van der Waals surface area contributed by atoms with Gasteiger partial charge in [-0.1, -0.05) is 0 Å². The molecule has 54 valence electrons. The molecular formula is C6H9N3S. The first-order valence-corrected chi connectivity index (χ1v) is 4.36. The number of nitrogens with zero attached hydrogens (tertiary/aromatic N) is 1. The Hall–Kier alpha value is -0.480. The summed E-state index contributed by atoms with van der Waals surface area (Å²) in [4.78, 5) is 0. The minimum absolute atomic E-state index is 0.447. The Morgan fingerprint density at radius 2 is 2.70 bits per heavy atom. The molecule has 0 aliphatic carbocycles. The van der Waals surface area contributed by atoms with E-state index in [0.717, 1.165) is 6.54 Å². The van der Waals surface area contributed by atoms with E-state index in [9.17, 15) is 0 Å². The molecule has 1 aromatic heterocycles. The van der Waals surface area contributed by atoms with Gasteiger partial charge < -0.3 is 0 Å². The molecule has 2 N–H and O–H groups in total. The van der Waals surface area contributed by atoms with E-state index in [4.69, 9.17) is 0 Å². The van der Waals surface area contributed by atoms with Crippen molar-refractivity contribution in [1.82, 2.24) is 15.5 Å². The fourth-order valence-corrected chi connectivity index (χ4v) is 2.06. The third-order valence-corrected chi connectivity index (χ3v) is 2.71. The number of hydrogen-bond donors (Lipinski definition) is 2. The molecule has 0 radical (unpaired) electrons. The van der Waals surface area contributed by atoms with Crippen LogP contribution in [0.3, 0.4) is 0 Å². The lowest BCUT2D eigenvalue weighted by atomic mass is 10.4. The van der Waals surface area contributed by atoms with Crippen molar-refractivity contribution >= 4 is 11.8 Å². The largest absolute Gasteiger partial charge is 0.300 e. The summed E-state index contributed by atoms with van der Waals surface area (Å²) in [5, 5.41) is 10.6. The van der Waals surface area contributed by atoms with Crippen molar-refractivity contribution in [2.24, 2.45) is 0 Å². The molecule has 10 heavy (non-hydrogen) atoms. The predicted octanol–water partition coefficient (Wildman–Crippen LogP) is 0.745. The van der Waals surface area contributed by atoms with Gasteiger partial charge in [-0.05, 0) is 6.07 Å². The zero-order chi connectivity index (χ0) is 6.81. The molecule has 1 saturated heterocycles. The quantitative estimate of drug-likeness (QED) is 0.628. The summed E-state index contributed by atoms with van der Waals surface area (Å²) in [6.45, 7) is 1.11. The van der Waals surface area contributed by atoms with Crippen LogP contribution in [0, 0.1) is 0 Å². The average Bonchev–Trinajstić information content (AvgIpc) is 2.59. The Labute approximate surface area is 63.6 Å². The molecular weight excluding hydrogens is 146 g/mol. The number of thioether (sulfide) groups is 1. The monoisotopic (exact) mass is 155 g/mol. The molecule has 2 rings (SSSR count). The zero-order valence-electron chi connectivity index (χ0n) is 5.50. The fraction of sp³-hybridized carbons (Fsp3) is 0.500. The van der Waals surface area contributed by atoms with Crippen LogP contribution in [-0.4, -0.2) is 22.5 Å². The average molecular weight is 155 g/mol. The fourth-order valence-electron chi connectivity index (χ4n) is 1.04. The first-order valence-electron chi connectivity index (χ1n) is 3.31. The van der Waals surface area contributed by atoms with Crippen LogP contribution in [0.4, 0.5) is 0 Å². The van der Waals surface area contributed by atoms with E-state index in [1.54, 1.807) is 6.20 Å². The molecule has 3 nitrogen and oxygen atoms in total. The van der Waals surface area contributed by atoms with Crippen LogP contribution < -0.4 is 5.32 Å². The highest BCUT2D eigenvalue weighted by Gasteiger charge is 2.16. The highest BCUT2D eigenvalue weighted by Crippen LogP contribution is 2.27. The van der Waals surface area contributed by atoms with Gasteiger partial charge >= 0.3 is 0 Å². The van der Waals surface area contributed by atoms with Gasteiger partial charge in [-0.2, -0.15) is 5.10 Å². The second kappa shape index (κ2) is 2.64. The van der Waals surface area contributed by atoms with Crippen LogP contribution in [0.15, 0.2) is 12.3 Å². The number of aromatic nitrogens is 2. The molecule has 0 amide bonds. The van der Waals surface area contributed by atoms with E-state index in [1.165, 1.54) is 11.4 Å². The summed E-state index contributed by atoms with van der Waals surface area (Å²) in [7, 11) is 0. The summed E-state index contributed by atoms with van der Waals surface area (Å²) in [6, 6.07) is 2.01. The van der Waals surface area contributed by atoms with E-state index in [-0.39, 0.29) is 0 Å². The van der Waals surface area contributed by atoms with Crippen LogP contribution in [0.5, 0.6) is 0 Å². The van der Waals surface area contributed by atoms with Crippen molar-refractivity contribution in [1.29, 1.82) is 0 Å². The third-order valence-electron chi connectivity index (χ3n) is 1.52. The molecule has 1 aliphatic heterocycles. The summed E-state index contributed by atoms with van der Waals surface area (Å²) in [6.07, 6.45) is 1.79. The molecule has 1 aromatic rings. The zero-order valence-corrected chi connectivity index (χ0v) is 6.32. The SMILES string of the molecule is c1cc(C2NCCS2)[nH]n1. The van der Waals surface area contributed by atoms with Gasteiger partial charge in [0.05, 0.1) is 11.1 Å². The Bertz CT molecular complexity index is 191. The van der Waals surface area contributed by atoms with Gasteiger partial charge in [-0.3, -0.25) is 10.4 Å². The molecule has 0 spiro atoms. The van der Waals surface area contributed by atoms with Crippen molar-refractivity contribution in [2.45, 2.75) is 5.37 Å². The first kappa shape index (κ1) is 6.24. The number of aromatic amines is 1. The minimum Gasteiger partial charge on any atom is -0.300 e. The third kappa shape index (κ3) is 1.04. The van der Waals surface area contributed by atoms with Crippen LogP contribution in [0.25, 0.3) is 0 Å². The van der Waals surface area contributed by atoms with E-state index in [0.29, 0.717) is 5.37 Å². The molecule has 1 unspecified atom stereocenters. The van der Waals surface area contributed by atoms with Gasteiger partial charge in [-0.25, -0.2) is 0 Å². The predicted molar refractivity (Wildman–Crippen MR) is 41.8 cm³/mol. The van der Waals surface area contributed by atoms with E-state index in [2.05, 4.69) is 15.5 Å². The molecule has 0 bridgehead atoms. The van der Waals surface area contributed by atoms with Crippen molar-refractivity contribution in [2.75, 3.05) is 12.3 Å². The molecule has 1 atom stereocenters. The summed E-state index contributed by atoms with van der Waals surface area (Å²) >= 11 is 1.92. The van der Waals surface area contributed by atoms with Crippen LogP contribution >= 0.6 is 11.8 Å². The number of H-pyrrole nitrogens is 1. The van der Waals surface area contributed by atoms with Crippen molar-refractivity contribution in [3.05, 3.63) is 18.0 Å². The number of hydrogen-bond acceptors (Lipinski definition) is 3. The van der Waals surface area contributed by atoms with Gasteiger partial charge in [0.1, 0.15) is 0 Å². The Morgan fingerprint density at radius 3 is 3.30 bits per heavy atom. The lowest BCUT2D eigenvalue weighted by molar-refractivity contribution is 0.728. The van der Waals surface area contributed by atoms with Crippen LogP contribution in [-0.2, 0) is 0 Å². The minimum atomic E-state index is 0.447. The highest BCUT2D eigenvalue weighted by molar-refractivity contribution is 7.99. The van der Waals surface area contributed by atoms with Gasteiger partial charge in [0, 0.05) is 18.5 Å². The Kier molecular flexibility index (Phi) is 1.65. The molecule has 0 aromatic carbocycles. The van der Waals surface area contributed by atoms with E-state index in [1.807, 2.05) is 17.8 Å². The Balaban J connectivity index is 2.12. The standard InChI is InChI=1S/C6H9N3S/c1-2-8-9-5(1)6-7-3-4-10-6/h1-2,6-7H,3-4H2,(H,8,9). The van der Waals surface area contributed by atoms with Crippen molar-refractivity contribution in [3.63, 3.8) is 0 Å². The number of rotatable bonds is 1. The van der Waals surface area contributed by atoms with Crippen molar-refractivity contribution < 1.29 is 0 Å². The van der Waals surface area contributed by atoms with E-state index < -0.39 is 0 Å². The van der Waals surface area contributed by atoms with E-state index >= 15 is 0 Å². The molecule has 0 saturated carbocycles.